The smallest absolute Gasteiger partial charge is 0.226 e. The van der Waals surface area contributed by atoms with Crippen LogP contribution in [-0.4, -0.2) is 22.9 Å². The van der Waals surface area contributed by atoms with E-state index in [9.17, 15) is 4.79 Å². The van der Waals surface area contributed by atoms with Crippen LogP contribution in [0.1, 0.15) is 47.0 Å². The van der Waals surface area contributed by atoms with E-state index in [1.54, 1.807) is 0 Å². The summed E-state index contributed by atoms with van der Waals surface area (Å²) in [6.45, 7) is 12.2. The second kappa shape index (κ2) is 6.77. The number of hydrogen-bond acceptors (Lipinski definition) is 1. The summed E-state index contributed by atoms with van der Waals surface area (Å²) in [6.07, 6.45) is 9.23. The van der Waals surface area contributed by atoms with Gasteiger partial charge < -0.3 is 4.90 Å². The lowest BCUT2D eigenvalue weighted by Crippen LogP contribution is -2.47. The second-order valence-corrected chi connectivity index (χ2v) is 5.73. The van der Waals surface area contributed by atoms with Crippen molar-refractivity contribution in [1.29, 1.82) is 0 Å². The first-order valence-electron chi connectivity index (χ1n) is 7.08. The molecule has 0 N–H and O–H groups in total. The Balaban J connectivity index is 2.85. The molecule has 0 spiro atoms. The molecule has 1 rings (SSSR count). The molecular weight excluding hydrogens is 222 g/mol. The van der Waals surface area contributed by atoms with Crippen LogP contribution in [0.4, 0.5) is 0 Å². The molecule has 1 aliphatic rings. The van der Waals surface area contributed by atoms with E-state index in [2.05, 4.69) is 46.4 Å². The Morgan fingerprint density at radius 1 is 1.39 bits per heavy atom. The molecule has 0 aromatic carbocycles. The molecule has 0 bridgehead atoms. The zero-order valence-corrected chi connectivity index (χ0v) is 12.2. The Morgan fingerprint density at radius 3 is 2.50 bits per heavy atom. The molecule has 1 aliphatic carbocycles. The summed E-state index contributed by atoms with van der Waals surface area (Å²) >= 11 is 0. The van der Waals surface area contributed by atoms with Crippen molar-refractivity contribution in [3.8, 4) is 0 Å². The Labute approximate surface area is 112 Å². The van der Waals surface area contributed by atoms with Gasteiger partial charge in [0.2, 0.25) is 5.91 Å². The minimum Gasteiger partial charge on any atom is -0.338 e. The molecule has 0 fully saturated rings. The number of nitrogens with zero attached hydrogens (tertiary/aromatic N) is 1. The Hall–Kier alpha value is -1.05. The van der Waals surface area contributed by atoms with E-state index in [4.69, 9.17) is 0 Å². The van der Waals surface area contributed by atoms with Crippen LogP contribution in [0.2, 0.25) is 0 Å². The quantitative estimate of drug-likeness (QED) is 0.679. The third-order valence-electron chi connectivity index (χ3n) is 3.67. The Kier molecular flexibility index (Phi) is 5.64. The molecule has 0 radical (unpaired) electrons. The van der Waals surface area contributed by atoms with Crippen molar-refractivity contribution < 1.29 is 4.79 Å². The Morgan fingerprint density at radius 2 is 2.00 bits per heavy atom. The van der Waals surface area contributed by atoms with Gasteiger partial charge in [-0.3, -0.25) is 4.79 Å². The number of carbonyl (C=O) groups excluding carboxylic acids is 1. The molecule has 0 aliphatic heterocycles. The molecule has 2 atom stereocenters. The fraction of sp³-hybridized carbons (Fsp3) is 0.688. The van der Waals surface area contributed by atoms with Crippen molar-refractivity contribution >= 4 is 5.91 Å². The van der Waals surface area contributed by atoms with E-state index in [-0.39, 0.29) is 18.0 Å². The van der Waals surface area contributed by atoms with Gasteiger partial charge in [0.25, 0.3) is 0 Å². The van der Waals surface area contributed by atoms with Crippen LogP contribution in [0, 0.1) is 11.8 Å². The van der Waals surface area contributed by atoms with E-state index in [0.29, 0.717) is 11.8 Å². The van der Waals surface area contributed by atoms with Gasteiger partial charge in [-0.1, -0.05) is 18.2 Å². The van der Waals surface area contributed by atoms with E-state index in [1.807, 2.05) is 11.0 Å². The van der Waals surface area contributed by atoms with Crippen molar-refractivity contribution in [3.63, 3.8) is 0 Å². The van der Waals surface area contributed by atoms with E-state index in [0.717, 1.165) is 19.3 Å². The highest BCUT2D eigenvalue weighted by Gasteiger charge is 2.32. The molecule has 0 aromatic rings. The zero-order valence-electron chi connectivity index (χ0n) is 12.2. The summed E-state index contributed by atoms with van der Waals surface area (Å²) in [5, 5.41) is 0. The normalized spacial score (nSPS) is 23.4. The van der Waals surface area contributed by atoms with Gasteiger partial charge in [0.05, 0.1) is 0 Å². The maximum absolute atomic E-state index is 12.7. The molecule has 102 valence electrons. The van der Waals surface area contributed by atoms with Crippen molar-refractivity contribution in [3.05, 3.63) is 24.8 Å². The lowest BCUT2D eigenvalue weighted by Gasteiger charge is -2.37. The molecular formula is C16H27NO. The lowest BCUT2D eigenvalue weighted by atomic mass is 9.80. The third-order valence-corrected chi connectivity index (χ3v) is 3.67. The highest BCUT2D eigenvalue weighted by atomic mass is 16.2. The van der Waals surface area contributed by atoms with Crippen LogP contribution in [0.25, 0.3) is 0 Å². The van der Waals surface area contributed by atoms with Gasteiger partial charge in [-0.05, 0) is 52.9 Å². The number of amides is 1. The fourth-order valence-electron chi connectivity index (χ4n) is 2.93. The SMILES string of the molecule is C=CCC1C=CCCC1C(=O)N(C(C)C)C(C)C. The molecule has 2 heteroatoms. The molecule has 1 amide bonds. The van der Waals surface area contributed by atoms with Crippen molar-refractivity contribution in [2.24, 2.45) is 11.8 Å². The zero-order chi connectivity index (χ0) is 13.7. The third kappa shape index (κ3) is 3.47. The van der Waals surface area contributed by atoms with Crippen molar-refractivity contribution in [1.82, 2.24) is 4.90 Å². The van der Waals surface area contributed by atoms with Crippen molar-refractivity contribution in [2.75, 3.05) is 0 Å². The topological polar surface area (TPSA) is 20.3 Å². The molecule has 2 unspecified atom stereocenters. The van der Waals surface area contributed by atoms with Gasteiger partial charge in [0, 0.05) is 18.0 Å². The Bertz CT molecular complexity index is 309. The summed E-state index contributed by atoms with van der Waals surface area (Å²) in [4.78, 5) is 14.8. The minimum atomic E-state index is 0.137. The predicted octanol–water partition coefficient (Wildman–Crippen LogP) is 3.79. The fourth-order valence-corrected chi connectivity index (χ4v) is 2.93. The molecule has 2 nitrogen and oxygen atoms in total. The number of carbonyl (C=O) groups is 1. The summed E-state index contributed by atoms with van der Waals surface area (Å²) < 4.78 is 0. The maximum Gasteiger partial charge on any atom is 0.226 e. The number of rotatable bonds is 5. The first-order chi connectivity index (χ1) is 8.49. The molecule has 0 saturated heterocycles. The summed E-state index contributed by atoms with van der Waals surface area (Å²) in [5.74, 6) is 0.790. The number of hydrogen-bond donors (Lipinski definition) is 0. The van der Waals surface area contributed by atoms with Crippen LogP contribution >= 0.6 is 0 Å². The number of allylic oxidation sites excluding steroid dienone is 3. The maximum atomic E-state index is 12.7. The molecule has 0 saturated carbocycles. The first-order valence-corrected chi connectivity index (χ1v) is 7.08. The minimum absolute atomic E-state index is 0.137. The van der Waals surface area contributed by atoms with Gasteiger partial charge >= 0.3 is 0 Å². The molecule has 18 heavy (non-hydrogen) atoms. The lowest BCUT2D eigenvalue weighted by molar-refractivity contribution is -0.140. The monoisotopic (exact) mass is 249 g/mol. The van der Waals surface area contributed by atoms with Gasteiger partial charge in [0.15, 0.2) is 0 Å². The molecule has 0 aromatic heterocycles. The average molecular weight is 249 g/mol. The van der Waals surface area contributed by atoms with Crippen LogP contribution in [-0.2, 0) is 4.79 Å². The van der Waals surface area contributed by atoms with Gasteiger partial charge in [0.1, 0.15) is 0 Å². The highest BCUT2D eigenvalue weighted by Crippen LogP contribution is 2.30. The van der Waals surface area contributed by atoms with Gasteiger partial charge in [-0.25, -0.2) is 0 Å². The molecule has 0 heterocycles. The van der Waals surface area contributed by atoms with Crippen LogP contribution < -0.4 is 0 Å². The summed E-state index contributed by atoms with van der Waals surface area (Å²) in [6, 6.07) is 0.542. The second-order valence-electron chi connectivity index (χ2n) is 5.73. The van der Waals surface area contributed by atoms with E-state index >= 15 is 0 Å². The van der Waals surface area contributed by atoms with Gasteiger partial charge in [-0.2, -0.15) is 0 Å². The summed E-state index contributed by atoms with van der Waals surface area (Å²) in [5.41, 5.74) is 0. The van der Waals surface area contributed by atoms with Crippen LogP contribution in [0.15, 0.2) is 24.8 Å². The predicted molar refractivity (Wildman–Crippen MR) is 77.3 cm³/mol. The van der Waals surface area contributed by atoms with Crippen molar-refractivity contribution in [2.45, 2.75) is 59.0 Å². The average Bonchev–Trinajstić information content (AvgIpc) is 2.29. The van der Waals surface area contributed by atoms with Crippen LogP contribution in [0.5, 0.6) is 0 Å². The van der Waals surface area contributed by atoms with Gasteiger partial charge in [-0.15, -0.1) is 6.58 Å². The van der Waals surface area contributed by atoms with Crippen LogP contribution in [0.3, 0.4) is 0 Å². The summed E-state index contributed by atoms with van der Waals surface area (Å²) in [7, 11) is 0. The van der Waals surface area contributed by atoms with E-state index in [1.165, 1.54) is 0 Å². The largest absolute Gasteiger partial charge is 0.338 e. The van der Waals surface area contributed by atoms with E-state index < -0.39 is 0 Å². The highest BCUT2D eigenvalue weighted by molar-refractivity contribution is 5.80. The first kappa shape index (κ1) is 15.0. The standard InChI is InChI=1S/C16H27NO/c1-6-9-14-10-7-8-11-15(14)16(18)17(12(2)3)13(4)5/h6-7,10,12-15H,1,8-9,11H2,2-5H3.